The lowest BCUT2D eigenvalue weighted by Crippen LogP contribution is -2.44. The summed E-state index contributed by atoms with van der Waals surface area (Å²) in [7, 11) is -3.72. The van der Waals surface area contributed by atoms with Crippen LogP contribution in [0.15, 0.2) is 47.4 Å². The second-order valence-electron chi connectivity index (χ2n) is 7.33. The number of non-ortho nitro benzene ring substituents is 1. The van der Waals surface area contributed by atoms with Crippen molar-refractivity contribution in [1.82, 2.24) is 5.32 Å². The van der Waals surface area contributed by atoms with Crippen molar-refractivity contribution in [2.45, 2.75) is 23.2 Å². The Bertz CT molecular complexity index is 1060. The first-order valence-electron chi connectivity index (χ1n) is 9.22. The number of benzene rings is 2. The van der Waals surface area contributed by atoms with Gasteiger partial charge in [0.25, 0.3) is 11.6 Å². The number of rotatable bonds is 6. The summed E-state index contributed by atoms with van der Waals surface area (Å²) in [6.45, 7) is 1.34. The summed E-state index contributed by atoms with van der Waals surface area (Å²) in [6.07, 6.45) is 2.29. The second kappa shape index (κ2) is 8.71. The highest BCUT2D eigenvalue weighted by Crippen LogP contribution is 2.35. The van der Waals surface area contributed by atoms with Gasteiger partial charge >= 0.3 is 0 Å². The average molecular weight is 453 g/mol. The maximum absolute atomic E-state index is 12.8. The SMILES string of the molecule is CS(=O)(=O)c1cc(C(=O)NCC2(c3ccc(Cl)cc3)CCOCC2)cc([N+](=O)[O-])c1. The van der Waals surface area contributed by atoms with E-state index >= 15 is 0 Å². The predicted octanol–water partition coefficient (Wildman–Crippen LogP) is 3.13. The molecular weight excluding hydrogens is 432 g/mol. The first-order chi connectivity index (χ1) is 14.1. The maximum Gasteiger partial charge on any atom is 0.271 e. The Kier molecular flexibility index (Phi) is 6.44. The zero-order chi connectivity index (χ0) is 21.9. The number of ether oxygens (including phenoxy) is 1. The van der Waals surface area contributed by atoms with E-state index in [0.717, 1.165) is 30.0 Å². The van der Waals surface area contributed by atoms with Crippen LogP contribution in [0.2, 0.25) is 5.02 Å². The molecule has 10 heteroatoms. The number of halogens is 1. The summed E-state index contributed by atoms with van der Waals surface area (Å²) < 4.78 is 29.2. The van der Waals surface area contributed by atoms with Crippen LogP contribution in [-0.2, 0) is 20.0 Å². The Balaban J connectivity index is 1.88. The molecule has 0 aliphatic carbocycles. The van der Waals surface area contributed by atoms with Gasteiger partial charge in [0.05, 0.1) is 9.82 Å². The minimum atomic E-state index is -3.72. The molecule has 0 radical (unpaired) electrons. The normalized spacial score (nSPS) is 16.1. The standard InChI is InChI=1S/C20H21ClN2O6S/c1-30(27,28)18-11-14(10-17(12-18)23(25)26)19(24)22-13-20(6-8-29-9-7-20)15-2-4-16(21)5-3-15/h2-5,10-12H,6-9,13H2,1H3,(H,22,24). The highest BCUT2D eigenvalue weighted by molar-refractivity contribution is 7.90. The molecular formula is C20H21ClN2O6S. The van der Waals surface area contributed by atoms with Crippen molar-refractivity contribution >= 4 is 33.0 Å². The smallest absolute Gasteiger partial charge is 0.271 e. The molecule has 1 heterocycles. The maximum atomic E-state index is 12.8. The Morgan fingerprint density at radius 3 is 2.40 bits per heavy atom. The molecule has 3 rings (SSSR count). The van der Waals surface area contributed by atoms with Gasteiger partial charge in [-0.25, -0.2) is 8.42 Å². The molecule has 2 aromatic rings. The van der Waals surface area contributed by atoms with E-state index in [2.05, 4.69) is 5.32 Å². The van der Waals surface area contributed by atoms with E-state index in [1.54, 1.807) is 12.1 Å². The van der Waals surface area contributed by atoms with Crippen molar-refractivity contribution in [3.63, 3.8) is 0 Å². The van der Waals surface area contributed by atoms with Gasteiger partial charge in [0, 0.05) is 54.1 Å². The van der Waals surface area contributed by atoms with E-state index in [9.17, 15) is 23.3 Å². The van der Waals surface area contributed by atoms with Crippen LogP contribution >= 0.6 is 11.6 Å². The van der Waals surface area contributed by atoms with Crippen LogP contribution in [0.1, 0.15) is 28.8 Å². The van der Waals surface area contributed by atoms with Gasteiger partial charge in [-0.2, -0.15) is 0 Å². The summed E-state index contributed by atoms with van der Waals surface area (Å²) in [6, 6.07) is 10.6. The van der Waals surface area contributed by atoms with E-state index in [4.69, 9.17) is 16.3 Å². The van der Waals surface area contributed by atoms with Gasteiger partial charge < -0.3 is 10.1 Å². The number of nitro groups is 1. The number of nitrogens with zero attached hydrogens (tertiary/aromatic N) is 1. The minimum Gasteiger partial charge on any atom is -0.381 e. The molecule has 1 amide bonds. The quantitative estimate of drug-likeness (QED) is 0.531. The van der Waals surface area contributed by atoms with Crippen LogP contribution < -0.4 is 5.32 Å². The molecule has 1 aliphatic rings. The lowest BCUT2D eigenvalue weighted by Gasteiger charge is -2.38. The Morgan fingerprint density at radius 1 is 1.20 bits per heavy atom. The highest BCUT2D eigenvalue weighted by Gasteiger charge is 2.35. The van der Waals surface area contributed by atoms with Gasteiger partial charge in [0.15, 0.2) is 9.84 Å². The minimum absolute atomic E-state index is 0.0806. The fourth-order valence-corrected chi connectivity index (χ4v) is 4.32. The molecule has 0 atom stereocenters. The van der Waals surface area contributed by atoms with Gasteiger partial charge in [0.2, 0.25) is 0 Å². The number of amides is 1. The average Bonchev–Trinajstić information content (AvgIpc) is 2.72. The fraction of sp³-hybridized carbons (Fsp3) is 0.350. The first kappa shape index (κ1) is 22.2. The Labute approximate surface area is 179 Å². The van der Waals surface area contributed by atoms with Crippen molar-refractivity contribution in [1.29, 1.82) is 0 Å². The molecule has 0 unspecified atom stereocenters. The zero-order valence-electron chi connectivity index (χ0n) is 16.3. The van der Waals surface area contributed by atoms with E-state index < -0.39 is 26.4 Å². The van der Waals surface area contributed by atoms with Crippen LogP contribution in [-0.4, -0.2) is 45.3 Å². The number of hydrogen-bond acceptors (Lipinski definition) is 6. The topological polar surface area (TPSA) is 116 Å². The van der Waals surface area contributed by atoms with Gasteiger partial charge in [-0.05, 0) is 36.6 Å². The number of hydrogen-bond donors (Lipinski definition) is 1. The molecule has 2 aromatic carbocycles. The third-order valence-electron chi connectivity index (χ3n) is 5.29. The molecule has 8 nitrogen and oxygen atoms in total. The number of carbonyl (C=O) groups is 1. The van der Waals surface area contributed by atoms with Crippen molar-refractivity contribution in [3.8, 4) is 0 Å². The second-order valence-corrected chi connectivity index (χ2v) is 9.78. The molecule has 0 aromatic heterocycles. The largest absolute Gasteiger partial charge is 0.381 e. The number of carbonyl (C=O) groups excluding carboxylic acids is 1. The molecule has 0 spiro atoms. The number of nitro benzene ring substituents is 1. The van der Waals surface area contributed by atoms with Crippen LogP contribution in [0.3, 0.4) is 0 Å². The molecule has 0 saturated carbocycles. The third-order valence-corrected chi connectivity index (χ3v) is 6.63. The molecule has 1 aliphatic heterocycles. The zero-order valence-corrected chi connectivity index (χ0v) is 17.8. The molecule has 1 fully saturated rings. The van der Waals surface area contributed by atoms with Crippen LogP contribution in [0, 0.1) is 10.1 Å². The lowest BCUT2D eigenvalue weighted by atomic mass is 9.74. The van der Waals surface area contributed by atoms with Crippen molar-refractivity contribution in [3.05, 3.63) is 68.7 Å². The Hall–Kier alpha value is -2.49. The Morgan fingerprint density at radius 2 is 1.83 bits per heavy atom. The summed E-state index contributed by atoms with van der Waals surface area (Å²) in [5.41, 5.74) is 0.0923. The van der Waals surface area contributed by atoms with Crippen LogP contribution in [0.4, 0.5) is 5.69 Å². The summed E-state index contributed by atoms with van der Waals surface area (Å²) in [4.78, 5) is 23.0. The fourth-order valence-electron chi connectivity index (χ4n) is 3.52. The van der Waals surface area contributed by atoms with Crippen LogP contribution in [0.25, 0.3) is 0 Å². The summed E-state index contributed by atoms with van der Waals surface area (Å²) in [5, 5.41) is 14.6. The van der Waals surface area contributed by atoms with E-state index in [-0.39, 0.29) is 22.4 Å². The first-order valence-corrected chi connectivity index (χ1v) is 11.5. The third kappa shape index (κ3) is 4.97. The van der Waals surface area contributed by atoms with Crippen molar-refractivity contribution in [2.24, 2.45) is 0 Å². The van der Waals surface area contributed by atoms with Gasteiger partial charge in [-0.3, -0.25) is 14.9 Å². The summed E-state index contributed by atoms with van der Waals surface area (Å²) in [5.74, 6) is -0.580. The van der Waals surface area contributed by atoms with Crippen LogP contribution in [0.5, 0.6) is 0 Å². The number of nitrogens with one attached hydrogen (secondary N) is 1. The van der Waals surface area contributed by atoms with E-state index in [1.807, 2.05) is 12.1 Å². The lowest BCUT2D eigenvalue weighted by molar-refractivity contribution is -0.385. The van der Waals surface area contributed by atoms with Crippen molar-refractivity contribution < 1.29 is 22.9 Å². The summed E-state index contributed by atoms with van der Waals surface area (Å²) >= 11 is 6.00. The highest BCUT2D eigenvalue weighted by atomic mass is 35.5. The van der Waals surface area contributed by atoms with Gasteiger partial charge in [0.1, 0.15) is 0 Å². The van der Waals surface area contributed by atoms with E-state index in [1.165, 1.54) is 0 Å². The van der Waals surface area contributed by atoms with Gasteiger partial charge in [-0.15, -0.1) is 0 Å². The molecule has 1 saturated heterocycles. The van der Waals surface area contributed by atoms with E-state index in [0.29, 0.717) is 31.1 Å². The predicted molar refractivity (Wildman–Crippen MR) is 112 cm³/mol. The molecule has 30 heavy (non-hydrogen) atoms. The molecule has 1 N–H and O–H groups in total. The molecule has 160 valence electrons. The monoisotopic (exact) mass is 452 g/mol. The van der Waals surface area contributed by atoms with Crippen molar-refractivity contribution in [2.75, 3.05) is 26.0 Å². The molecule has 0 bridgehead atoms. The van der Waals surface area contributed by atoms with Gasteiger partial charge in [-0.1, -0.05) is 23.7 Å². The number of sulfone groups is 1.